The number of thiophene rings is 1. The number of nitrogens with zero attached hydrogens (tertiary/aromatic N) is 3. The van der Waals surface area contributed by atoms with Crippen LogP contribution in [0.2, 0.25) is 0 Å². The number of carbonyl (C=O) groups excluding carboxylic acids is 1. The number of rotatable bonds is 5. The van der Waals surface area contributed by atoms with Gasteiger partial charge in [0.15, 0.2) is 0 Å². The summed E-state index contributed by atoms with van der Waals surface area (Å²) >= 11 is 1.66. The average molecular weight is 368 g/mol. The van der Waals surface area contributed by atoms with E-state index in [1.165, 1.54) is 4.88 Å². The number of amides is 1. The highest BCUT2D eigenvalue weighted by molar-refractivity contribution is 7.09. The minimum Gasteiger partial charge on any atom is -0.403 e. The van der Waals surface area contributed by atoms with Gasteiger partial charge in [-0.15, -0.1) is 16.4 Å². The van der Waals surface area contributed by atoms with E-state index in [9.17, 15) is 4.79 Å². The van der Waals surface area contributed by atoms with Crippen molar-refractivity contribution in [1.82, 2.24) is 15.5 Å². The van der Waals surface area contributed by atoms with E-state index in [2.05, 4.69) is 20.4 Å². The van der Waals surface area contributed by atoms with E-state index >= 15 is 0 Å². The molecule has 0 atom stereocenters. The monoisotopic (exact) mass is 368 g/mol. The number of hydrogen-bond acceptors (Lipinski definition) is 6. The molecule has 3 aromatic rings. The first-order valence-electron chi connectivity index (χ1n) is 8.73. The molecule has 3 heterocycles. The molecule has 0 bridgehead atoms. The molecule has 26 heavy (non-hydrogen) atoms. The smallest absolute Gasteiger partial charge is 0.318 e. The van der Waals surface area contributed by atoms with Gasteiger partial charge < -0.3 is 14.6 Å². The van der Waals surface area contributed by atoms with Crippen LogP contribution >= 0.6 is 11.3 Å². The quantitative estimate of drug-likeness (QED) is 0.748. The van der Waals surface area contributed by atoms with Crippen molar-refractivity contribution in [2.75, 3.05) is 18.0 Å². The highest BCUT2D eigenvalue weighted by Crippen LogP contribution is 2.26. The number of piperidine rings is 1. The van der Waals surface area contributed by atoms with Crippen LogP contribution in [0.5, 0.6) is 0 Å². The van der Waals surface area contributed by atoms with Crippen LogP contribution in [-0.2, 0) is 11.3 Å². The summed E-state index contributed by atoms with van der Waals surface area (Å²) in [6, 6.07) is 14.3. The Balaban J connectivity index is 1.31. The lowest BCUT2D eigenvalue weighted by Gasteiger charge is -2.29. The molecule has 2 aromatic heterocycles. The molecule has 1 amide bonds. The van der Waals surface area contributed by atoms with Gasteiger partial charge in [-0.3, -0.25) is 4.79 Å². The Bertz CT molecular complexity index is 840. The van der Waals surface area contributed by atoms with Gasteiger partial charge >= 0.3 is 6.01 Å². The minimum absolute atomic E-state index is 0.0442. The summed E-state index contributed by atoms with van der Waals surface area (Å²) in [6.07, 6.45) is 1.58. The third-order valence-corrected chi connectivity index (χ3v) is 5.46. The molecule has 1 aliphatic heterocycles. The van der Waals surface area contributed by atoms with Gasteiger partial charge in [-0.1, -0.05) is 29.4 Å². The summed E-state index contributed by atoms with van der Waals surface area (Å²) in [6.45, 7) is 2.10. The van der Waals surface area contributed by atoms with Crippen LogP contribution in [0.1, 0.15) is 17.7 Å². The molecule has 1 saturated heterocycles. The topological polar surface area (TPSA) is 71.3 Å². The summed E-state index contributed by atoms with van der Waals surface area (Å²) in [5.74, 6) is 0.702. The van der Waals surface area contributed by atoms with E-state index in [-0.39, 0.29) is 11.8 Å². The minimum atomic E-state index is 0.0442. The lowest BCUT2D eigenvalue weighted by atomic mass is 9.96. The van der Waals surface area contributed by atoms with Gasteiger partial charge in [-0.05, 0) is 36.4 Å². The fraction of sp³-hybridized carbons (Fsp3) is 0.316. The molecule has 4 rings (SSSR count). The molecule has 7 heteroatoms. The van der Waals surface area contributed by atoms with Crippen LogP contribution in [0.4, 0.5) is 6.01 Å². The lowest BCUT2D eigenvalue weighted by molar-refractivity contribution is -0.125. The summed E-state index contributed by atoms with van der Waals surface area (Å²) in [5, 5.41) is 13.4. The maximum absolute atomic E-state index is 12.3. The van der Waals surface area contributed by atoms with Gasteiger partial charge in [0.05, 0.1) is 6.54 Å². The molecule has 134 valence electrons. The van der Waals surface area contributed by atoms with Crippen molar-refractivity contribution in [2.24, 2.45) is 5.92 Å². The zero-order valence-corrected chi connectivity index (χ0v) is 15.1. The average Bonchev–Trinajstić information content (AvgIpc) is 3.39. The first-order chi connectivity index (χ1) is 12.8. The highest BCUT2D eigenvalue weighted by atomic mass is 32.1. The first kappa shape index (κ1) is 16.8. The van der Waals surface area contributed by atoms with E-state index in [1.807, 2.05) is 47.8 Å². The normalized spacial score (nSPS) is 15.2. The van der Waals surface area contributed by atoms with Crippen LogP contribution in [0, 0.1) is 5.92 Å². The first-order valence-corrected chi connectivity index (χ1v) is 9.61. The molecule has 1 aromatic carbocycles. The van der Waals surface area contributed by atoms with Crippen molar-refractivity contribution in [3.05, 3.63) is 52.7 Å². The van der Waals surface area contributed by atoms with Crippen LogP contribution in [-0.4, -0.2) is 29.2 Å². The zero-order chi connectivity index (χ0) is 17.8. The molecule has 0 saturated carbocycles. The number of anilines is 1. The summed E-state index contributed by atoms with van der Waals surface area (Å²) in [4.78, 5) is 15.6. The van der Waals surface area contributed by atoms with E-state index in [0.29, 0.717) is 18.5 Å². The van der Waals surface area contributed by atoms with Gasteiger partial charge in [0.1, 0.15) is 0 Å². The third-order valence-electron chi connectivity index (χ3n) is 4.59. The van der Waals surface area contributed by atoms with Crippen molar-refractivity contribution in [2.45, 2.75) is 19.4 Å². The predicted molar refractivity (Wildman–Crippen MR) is 101 cm³/mol. The van der Waals surface area contributed by atoms with E-state index in [1.54, 1.807) is 11.3 Å². The van der Waals surface area contributed by atoms with E-state index < -0.39 is 0 Å². The standard InChI is InChI=1S/C19H20N4O2S/c24-17(20-13-16-7-4-12-26-16)14-8-10-23(11-9-14)19-22-21-18(25-19)15-5-2-1-3-6-15/h1-7,12,14H,8-11,13H2,(H,20,24). The Morgan fingerprint density at radius 1 is 1.15 bits per heavy atom. The molecule has 1 aliphatic rings. The van der Waals surface area contributed by atoms with E-state index in [4.69, 9.17) is 4.42 Å². The second kappa shape index (κ2) is 7.70. The Kier molecular flexibility index (Phi) is 4.97. The Labute approximate surface area is 155 Å². The van der Waals surface area contributed by atoms with Gasteiger partial charge in [0, 0.05) is 29.4 Å². The van der Waals surface area contributed by atoms with Crippen molar-refractivity contribution in [1.29, 1.82) is 0 Å². The Morgan fingerprint density at radius 2 is 1.96 bits per heavy atom. The summed E-state index contributed by atoms with van der Waals surface area (Å²) in [5.41, 5.74) is 0.911. The number of benzene rings is 1. The van der Waals surface area contributed by atoms with Crippen molar-refractivity contribution >= 4 is 23.3 Å². The Hall–Kier alpha value is -2.67. The second-order valence-electron chi connectivity index (χ2n) is 6.31. The number of aromatic nitrogens is 2. The van der Waals surface area contributed by atoms with Crippen molar-refractivity contribution in [3.8, 4) is 11.5 Å². The molecule has 0 aliphatic carbocycles. The van der Waals surface area contributed by atoms with Crippen LogP contribution in [0.3, 0.4) is 0 Å². The second-order valence-corrected chi connectivity index (χ2v) is 7.35. The summed E-state index contributed by atoms with van der Waals surface area (Å²) in [7, 11) is 0. The SMILES string of the molecule is O=C(NCc1cccs1)C1CCN(c2nnc(-c3ccccc3)o2)CC1. The molecule has 1 N–H and O–H groups in total. The molecule has 0 unspecified atom stereocenters. The van der Waals surface area contributed by atoms with Gasteiger partial charge in [-0.2, -0.15) is 0 Å². The molecule has 0 radical (unpaired) electrons. The largest absolute Gasteiger partial charge is 0.403 e. The van der Waals surface area contributed by atoms with Crippen molar-refractivity contribution < 1.29 is 9.21 Å². The number of carbonyl (C=O) groups is 1. The molecule has 0 spiro atoms. The van der Waals surface area contributed by atoms with Crippen LogP contribution in [0.15, 0.2) is 52.3 Å². The fourth-order valence-corrected chi connectivity index (χ4v) is 3.75. The third kappa shape index (κ3) is 3.77. The molecular formula is C19H20N4O2S. The number of nitrogens with one attached hydrogen (secondary N) is 1. The predicted octanol–water partition coefficient (Wildman–Crippen LogP) is 3.33. The Morgan fingerprint density at radius 3 is 2.69 bits per heavy atom. The van der Waals surface area contributed by atoms with E-state index in [0.717, 1.165) is 31.5 Å². The van der Waals surface area contributed by atoms with Gasteiger partial charge in [0.2, 0.25) is 11.8 Å². The fourth-order valence-electron chi connectivity index (χ4n) is 3.11. The van der Waals surface area contributed by atoms with Crippen molar-refractivity contribution in [3.63, 3.8) is 0 Å². The van der Waals surface area contributed by atoms with Gasteiger partial charge in [-0.25, -0.2) is 0 Å². The molecule has 6 nitrogen and oxygen atoms in total. The van der Waals surface area contributed by atoms with Crippen LogP contribution < -0.4 is 10.2 Å². The maximum Gasteiger partial charge on any atom is 0.318 e. The summed E-state index contributed by atoms with van der Waals surface area (Å²) < 4.78 is 5.81. The maximum atomic E-state index is 12.3. The van der Waals surface area contributed by atoms with Crippen LogP contribution in [0.25, 0.3) is 11.5 Å². The zero-order valence-electron chi connectivity index (χ0n) is 14.3. The molecule has 1 fully saturated rings. The number of hydrogen-bond donors (Lipinski definition) is 1. The molecular weight excluding hydrogens is 348 g/mol. The highest BCUT2D eigenvalue weighted by Gasteiger charge is 2.27. The lowest BCUT2D eigenvalue weighted by Crippen LogP contribution is -2.40. The van der Waals surface area contributed by atoms with Gasteiger partial charge in [0.25, 0.3) is 0 Å².